The Morgan fingerprint density at radius 2 is 1.64 bits per heavy atom. The van der Waals surface area contributed by atoms with Crippen molar-refractivity contribution in [1.82, 2.24) is 9.80 Å². The molecule has 1 aliphatic heterocycles. The number of imide groups is 1. The van der Waals surface area contributed by atoms with Crippen molar-refractivity contribution in [2.75, 3.05) is 13.1 Å². The van der Waals surface area contributed by atoms with Crippen LogP contribution in [0.1, 0.15) is 66.8 Å². The van der Waals surface area contributed by atoms with Crippen LogP contribution in [0.25, 0.3) is 0 Å². The van der Waals surface area contributed by atoms with Crippen LogP contribution in [-0.4, -0.2) is 46.7 Å². The number of rotatable bonds is 5. The fourth-order valence-corrected chi connectivity index (χ4v) is 4.00. The molecule has 1 aromatic rings. The van der Waals surface area contributed by atoms with Gasteiger partial charge in [-0.15, -0.1) is 0 Å². The van der Waals surface area contributed by atoms with Gasteiger partial charge >= 0.3 is 6.03 Å². The van der Waals surface area contributed by atoms with E-state index in [0.717, 1.165) is 17.7 Å². The van der Waals surface area contributed by atoms with Crippen molar-refractivity contribution in [3.05, 3.63) is 35.4 Å². The minimum Gasteiger partial charge on any atom is -0.312 e. The van der Waals surface area contributed by atoms with E-state index in [2.05, 4.69) is 0 Å². The van der Waals surface area contributed by atoms with Crippen LogP contribution in [0.4, 0.5) is 4.79 Å². The van der Waals surface area contributed by atoms with E-state index >= 15 is 0 Å². The molecular weight excluding hydrogens is 316 g/mol. The predicted molar refractivity (Wildman–Crippen MR) is 93.4 cm³/mol. The Labute approximate surface area is 148 Å². The van der Waals surface area contributed by atoms with E-state index in [1.165, 1.54) is 37.7 Å². The smallest absolute Gasteiger partial charge is 0.312 e. The van der Waals surface area contributed by atoms with Crippen LogP contribution in [-0.2, 0) is 4.79 Å². The first-order chi connectivity index (χ1) is 12.1. The Bertz CT molecular complexity index is 687. The zero-order chi connectivity index (χ0) is 17.4. The lowest BCUT2D eigenvalue weighted by atomic mass is 9.84. The highest BCUT2D eigenvalue weighted by Crippen LogP contribution is 2.33. The monoisotopic (exact) mass is 340 g/mol. The van der Waals surface area contributed by atoms with E-state index in [1.54, 1.807) is 4.90 Å². The Morgan fingerprint density at radius 1 is 0.960 bits per heavy atom. The number of hydrogen-bond donors (Lipinski definition) is 0. The van der Waals surface area contributed by atoms with Gasteiger partial charge in [0.05, 0.1) is 6.54 Å². The zero-order valence-electron chi connectivity index (χ0n) is 14.4. The number of nitrogens with zero attached hydrogens (tertiary/aromatic N) is 2. The largest absolute Gasteiger partial charge is 0.327 e. The van der Waals surface area contributed by atoms with E-state index in [-0.39, 0.29) is 36.9 Å². The molecule has 0 aromatic heterocycles. The molecule has 0 radical (unpaired) electrons. The van der Waals surface area contributed by atoms with Crippen LogP contribution in [0.15, 0.2) is 24.3 Å². The summed E-state index contributed by atoms with van der Waals surface area (Å²) < 4.78 is 0. The number of urea groups is 1. The summed E-state index contributed by atoms with van der Waals surface area (Å²) in [5.74, 6) is 0.172. The van der Waals surface area contributed by atoms with E-state index in [4.69, 9.17) is 0 Å². The molecule has 0 atom stereocenters. The highest BCUT2D eigenvalue weighted by atomic mass is 16.2. The fourth-order valence-electron chi connectivity index (χ4n) is 4.00. The standard InChI is InChI=1S/C20H24N2O3/c23-18(12-22-19(24)13-21(20(22)25)17-10-11-17)16-8-6-15(7-9-16)14-4-2-1-3-5-14/h6-9,14,17H,1-5,10-13H2. The molecule has 5 heteroatoms. The van der Waals surface area contributed by atoms with Gasteiger partial charge in [-0.1, -0.05) is 43.5 Å². The van der Waals surface area contributed by atoms with Crippen molar-refractivity contribution < 1.29 is 14.4 Å². The van der Waals surface area contributed by atoms with Gasteiger partial charge in [-0.3, -0.25) is 14.5 Å². The van der Waals surface area contributed by atoms with E-state index in [0.29, 0.717) is 11.5 Å². The number of benzene rings is 1. The topological polar surface area (TPSA) is 57.7 Å². The molecule has 2 saturated carbocycles. The maximum Gasteiger partial charge on any atom is 0.327 e. The molecule has 1 saturated heterocycles. The van der Waals surface area contributed by atoms with Gasteiger partial charge < -0.3 is 4.90 Å². The number of carbonyl (C=O) groups excluding carboxylic acids is 3. The summed E-state index contributed by atoms with van der Waals surface area (Å²) in [5.41, 5.74) is 1.87. The third-order valence-corrected chi connectivity index (χ3v) is 5.68. The van der Waals surface area contributed by atoms with Crippen LogP contribution >= 0.6 is 0 Å². The first kappa shape index (κ1) is 16.3. The highest BCUT2D eigenvalue weighted by molar-refractivity contribution is 6.08. The van der Waals surface area contributed by atoms with Gasteiger partial charge in [0.15, 0.2) is 5.78 Å². The van der Waals surface area contributed by atoms with Gasteiger partial charge in [-0.25, -0.2) is 4.79 Å². The van der Waals surface area contributed by atoms with Crippen LogP contribution in [0.2, 0.25) is 0 Å². The van der Waals surface area contributed by atoms with Crippen LogP contribution < -0.4 is 0 Å². The van der Waals surface area contributed by atoms with Gasteiger partial charge in [-0.2, -0.15) is 0 Å². The molecule has 0 N–H and O–H groups in total. The number of hydrogen-bond acceptors (Lipinski definition) is 3. The minimum absolute atomic E-state index is 0.122. The average Bonchev–Trinajstić information content (AvgIpc) is 3.45. The zero-order valence-corrected chi connectivity index (χ0v) is 14.4. The molecule has 3 aliphatic rings. The van der Waals surface area contributed by atoms with Gasteiger partial charge in [0, 0.05) is 11.6 Å². The van der Waals surface area contributed by atoms with Crippen molar-refractivity contribution >= 4 is 17.7 Å². The van der Waals surface area contributed by atoms with Crippen LogP contribution in [0.5, 0.6) is 0 Å². The summed E-state index contributed by atoms with van der Waals surface area (Å²) in [7, 11) is 0. The summed E-state index contributed by atoms with van der Waals surface area (Å²) in [4.78, 5) is 39.6. The first-order valence-electron chi connectivity index (χ1n) is 9.37. The molecule has 0 unspecified atom stereocenters. The highest BCUT2D eigenvalue weighted by Gasteiger charge is 2.44. The summed E-state index contributed by atoms with van der Waals surface area (Å²) in [5, 5.41) is 0. The summed E-state index contributed by atoms with van der Waals surface area (Å²) in [6.45, 7) is -0.0267. The number of ketones is 1. The predicted octanol–water partition coefficient (Wildman–Crippen LogP) is 3.34. The van der Waals surface area contributed by atoms with Crippen LogP contribution in [0, 0.1) is 0 Å². The number of Topliss-reactive ketones (excluding diaryl/α,β-unsaturated/α-hetero) is 1. The third-order valence-electron chi connectivity index (χ3n) is 5.68. The van der Waals surface area contributed by atoms with E-state index < -0.39 is 0 Å². The van der Waals surface area contributed by atoms with Crippen molar-refractivity contribution in [1.29, 1.82) is 0 Å². The quantitative estimate of drug-likeness (QED) is 0.610. The third kappa shape index (κ3) is 3.32. The minimum atomic E-state index is -0.306. The SMILES string of the molecule is O=C(CN1C(=O)CN(C2CC2)C1=O)c1ccc(C2CCCCC2)cc1. The molecule has 1 heterocycles. The molecule has 1 aromatic carbocycles. The second kappa shape index (κ2) is 6.62. The Morgan fingerprint density at radius 3 is 2.28 bits per heavy atom. The number of carbonyl (C=O) groups is 3. The van der Waals surface area contributed by atoms with Crippen molar-refractivity contribution in [3.8, 4) is 0 Å². The Kier molecular flexibility index (Phi) is 4.32. The second-order valence-corrected chi connectivity index (χ2v) is 7.50. The van der Waals surface area contributed by atoms with E-state index in [1.807, 2.05) is 24.3 Å². The normalized spacial score (nSPS) is 21.9. The molecule has 2 aliphatic carbocycles. The van der Waals surface area contributed by atoms with Crippen molar-refractivity contribution in [2.45, 2.75) is 56.9 Å². The summed E-state index contributed by atoms with van der Waals surface area (Å²) in [6.07, 6.45) is 8.25. The van der Waals surface area contributed by atoms with Crippen molar-refractivity contribution in [2.24, 2.45) is 0 Å². The second-order valence-electron chi connectivity index (χ2n) is 7.50. The molecule has 3 fully saturated rings. The Hall–Kier alpha value is -2.17. The molecule has 4 rings (SSSR count). The van der Waals surface area contributed by atoms with E-state index in [9.17, 15) is 14.4 Å². The van der Waals surface area contributed by atoms with Gasteiger partial charge in [-0.05, 0) is 37.2 Å². The summed E-state index contributed by atoms with van der Waals surface area (Å²) in [6, 6.07) is 7.65. The maximum absolute atomic E-state index is 12.5. The number of amides is 3. The van der Waals surface area contributed by atoms with Crippen molar-refractivity contribution in [3.63, 3.8) is 0 Å². The van der Waals surface area contributed by atoms with Gasteiger partial charge in [0.25, 0.3) is 5.91 Å². The molecule has 5 nitrogen and oxygen atoms in total. The molecule has 3 amide bonds. The molecular formula is C20H24N2O3. The molecule has 0 spiro atoms. The molecule has 0 bridgehead atoms. The Balaban J connectivity index is 1.40. The van der Waals surface area contributed by atoms with Gasteiger partial charge in [0.1, 0.15) is 6.54 Å². The van der Waals surface area contributed by atoms with Crippen LogP contribution in [0.3, 0.4) is 0 Å². The maximum atomic E-state index is 12.5. The van der Waals surface area contributed by atoms with Gasteiger partial charge in [0.2, 0.25) is 0 Å². The molecule has 25 heavy (non-hydrogen) atoms. The lowest BCUT2D eigenvalue weighted by Crippen LogP contribution is -2.37. The lowest BCUT2D eigenvalue weighted by molar-refractivity contribution is -0.125. The first-order valence-corrected chi connectivity index (χ1v) is 9.37. The lowest BCUT2D eigenvalue weighted by Gasteiger charge is -2.22. The average molecular weight is 340 g/mol. The molecule has 132 valence electrons. The summed E-state index contributed by atoms with van der Waals surface area (Å²) >= 11 is 0. The fraction of sp³-hybridized carbons (Fsp3) is 0.550.